The molecule has 1 aliphatic heterocycles. The number of benzene rings is 1. The van der Waals surface area contributed by atoms with Crippen LogP contribution in [0.15, 0.2) is 24.3 Å². The lowest BCUT2D eigenvalue weighted by molar-refractivity contribution is -0.136. The highest BCUT2D eigenvalue weighted by atomic mass is 16.2. The smallest absolute Gasteiger partial charge is 0.224 e. The Morgan fingerprint density at radius 2 is 2.05 bits per heavy atom. The molecular weight excluding hydrogens is 248 g/mol. The summed E-state index contributed by atoms with van der Waals surface area (Å²) >= 11 is 0. The summed E-state index contributed by atoms with van der Waals surface area (Å²) in [6.07, 6.45) is 2.71. The summed E-state index contributed by atoms with van der Waals surface area (Å²) in [4.78, 5) is 14.5. The van der Waals surface area contributed by atoms with Crippen molar-refractivity contribution < 1.29 is 4.79 Å². The third-order valence-corrected chi connectivity index (χ3v) is 4.17. The number of carbonyl (C=O) groups is 1. The second-order valence-corrected chi connectivity index (χ2v) is 6.24. The van der Waals surface area contributed by atoms with Gasteiger partial charge in [0.05, 0.1) is 6.04 Å². The number of rotatable bonds is 3. The molecule has 3 heteroatoms. The second-order valence-electron chi connectivity index (χ2n) is 6.24. The first-order chi connectivity index (χ1) is 9.49. The predicted octanol–water partition coefficient (Wildman–Crippen LogP) is 3.03. The Morgan fingerprint density at radius 3 is 2.65 bits per heavy atom. The molecule has 20 heavy (non-hydrogen) atoms. The zero-order valence-corrected chi connectivity index (χ0v) is 12.8. The van der Waals surface area contributed by atoms with Crippen LogP contribution in [0, 0.1) is 12.8 Å². The van der Waals surface area contributed by atoms with Crippen molar-refractivity contribution in [3.8, 4) is 0 Å². The standard InChI is InChI=1S/C17H26N2O/c1-12-6-8-15(9-7-12)17-13(2)5-4-10-19(17)16(20)11-14(3)18/h6-9,13-14,17H,4-5,10-11,18H2,1-3H3. The second kappa shape index (κ2) is 6.40. The molecule has 1 aromatic rings. The van der Waals surface area contributed by atoms with Crippen LogP contribution in [0.5, 0.6) is 0 Å². The Labute approximate surface area is 122 Å². The molecule has 1 amide bonds. The maximum atomic E-state index is 12.5. The molecule has 0 aliphatic carbocycles. The van der Waals surface area contributed by atoms with Crippen LogP contribution in [0.25, 0.3) is 0 Å². The van der Waals surface area contributed by atoms with Crippen molar-refractivity contribution >= 4 is 5.91 Å². The molecule has 0 saturated carbocycles. The monoisotopic (exact) mass is 274 g/mol. The molecule has 3 nitrogen and oxygen atoms in total. The zero-order valence-electron chi connectivity index (χ0n) is 12.8. The van der Waals surface area contributed by atoms with Gasteiger partial charge < -0.3 is 10.6 Å². The first-order valence-electron chi connectivity index (χ1n) is 7.60. The van der Waals surface area contributed by atoms with E-state index in [0.717, 1.165) is 13.0 Å². The van der Waals surface area contributed by atoms with Gasteiger partial charge in [-0.15, -0.1) is 0 Å². The molecule has 0 radical (unpaired) electrons. The van der Waals surface area contributed by atoms with Crippen LogP contribution < -0.4 is 5.73 Å². The van der Waals surface area contributed by atoms with Gasteiger partial charge in [-0.3, -0.25) is 4.79 Å². The molecule has 1 saturated heterocycles. The Balaban J connectivity index is 2.24. The summed E-state index contributed by atoms with van der Waals surface area (Å²) in [5, 5.41) is 0. The minimum atomic E-state index is -0.0709. The average Bonchev–Trinajstić information content (AvgIpc) is 2.39. The van der Waals surface area contributed by atoms with Gasteiger partial charge in [-0.2, -0.15) is 0 Å². The minimum absolute atomic E-state index is 0.0709. The van der Waals surface area contributed by atoms with E-state index in [1.165, 1.54) is 17.5 Å². The van der Waals surface area contributed by atoms with E-state index < -0.39 is 0 Å². The molecule has 2 rings (SSSR count). The van der Waals surface area contributed by atoms with Crippen LogP contribution in [-0.2, 0) is 4.79 Å². The van der Waals surface area contributed by atoms with E-state index in [2.05, 4.69) is 38.1 Å². The molecule has 2 N–H and O–H groups in total. The number of hydrogen-bond acceptors (Lipinski definition) is 2. The number of hydrogen-bond donors (Lipinski definition) is 1. The summed E-state index contributed by atoms with van der Waals surface area (Å²) in [5.74, 6) is 0.695. The number of carbonyl (C=O) groups excluding carboxylic acids is 1. The number of aryl methyl sites for hydroxylation is 1. The van der Waals surface area contributed by atoms with Crippen molar-refractivity contribution in [3.05, 3.63) is 35.4 Å². The highest BCUT2D eigenvalue weighted by Gasteiger charge is 2.32. The van der Waals surface area contributed by atoms with Crippen molar-refractivity contribution in [2.45, 2.75) is 52.1 Å². The van der Waals surface area contributed by atoms with Gasteiger partial charge in [-0.1, -0.05) is 36.8 Å². The fraction of sp³-hybridized carbons (Fsp3) is 0.588. The number of likely N-dealkylation sites (tertiary alicyclic amines) is 1. The molecule has 1 fully saturated rings. The summed E-state index contributed by atoms with van der Waals surface area (Å²) < 4.78 is 0. The average molecular weight is 274 g/mol. The van der Waals surface area contributed by atoms with E-state index in [9.17, 15) is 4.79 Å². The quantitative estimate of drug-likeness (QED) is 0.921. The van der Waals surface area contributed by atoms with Gasteiger partial charge in [-0.05, 0) is 38.2 Å². The van der Waals surface area contributed by atoms with Crippen molar-refractivity contribution in [2.75, 3.05) is 6.54 Å². The maximum absolute atomic E-state index is 12.5. The summed E-state index contributed by atoms with van der Waals surface area (Å²) in [6.45, 7) is 7.09. The van der Waals surface area contributed by atoms with Crippen molar-refractivity contribution in [2.24, 2.45) is 11.7 Å². The predicted molar refractivity (Wildman–Crippen MR) is 82.3 cm³/mol. The van der Waals surface area contributed by atoms with Gasteiger partial charge in [0.25, 0.3) is 0 Å². The number of piperidine rings is 1. The van der Waals surface area contributed by atoms with Crippen molar-refractivity contribution in [1.82, 2.24) is 4.90 Å². The molecule has 110 valence electrons. The molecule has 1 heterocycles. The van der Waals surface area contributed by atoms with Crippen LogP contribution >= 0.6 is 0 Å². The van der Waals surface area contributed by atoms with Gasteiger partial charge >= 0.3 is 0 Å². The van der Waals surface area contributed by atoms with Crippen LogP contribution in [0.1, 0.15) is 50.3 Å². The summed E-state index contributed by atoms with van der Waals surface area (Å²) in [5.41, 5.74) is 8.30. The minimum Gasteiger partial charge on any atom is -0.335 e. The number of nitrogens with two attached hydrogens (primary N) is 1. The Kier molecular flexibility index (Phi) is 4.81. The van der Waals surface area contributed by atoms with Gasteiger partial charge in [0.2, 0.25) is 5.91 Å². The lowest BCUT2D eigenvalue weighted by Crippen LogP contribution is -2.43. The van der Waals surface area contributed by atoms with E-state index in [1.54, 1.807) is 0 Å². The molecule has 0 spiro atoms. The van der Waals surface area contributed by atoms with E-state index in [0.29, 0.717) is 12.3 Å². The third kappa shape index (κ3) is 3.40. The van der Waals surface area contributed by atoms with E-state index >= 15 is 0 Å². The Bertz CT molecular complexity index is 453. The fourth-order valence-electron chi connectivity index (χ4n) is 3.13. The third-order valence-electron chi connectivity index (χ3n) is 4.17. The first kappa shape index (κ1) is 15.0. The number of amides is 1. The molecule has 1 aliphatic rings. The molecule has 0 bridgehead atoms. The van der Waals surface area contributed by atoms with Crippen LogP contribution in [0.4, 0.5) is 0 Å². The molecule has 3 unspecified atom stereocenters. The van der Waals surface area contributed by atoms with Gasteiger partial charge in [0, 0.05) is 19.0 Å². The lowest BCUT2D eigenvalue weighted by atomic mass is 9.85. The maximum Gasteiger partial charge on any atom is 0.224 e. The topological polar surface area (TPSA) is 46.3 Å². The Hall–Kier alpha value is -1.35. The highest BCUT2D eigenvalue weighted by molar-refractivity contribution is 5.77. The van der Waals surface area contributed by atoms with E-state index in [-0.39, 0.29) is 18.0 Å². The van der Waals surface area contributed by atoms with E-state index in [4.69, 9.17) is 5.73 Å². The van der Waals surface area contributed by atoms with Crippen molar-refractivity contribution in [1.29, 1.82) is 0 Å². The van der Waals surface area contributed by atoms with Crippen LogP contribution in [-0.4, -0.2) is 23.4 Å². The Morgan fingerprint density at radius 1 is 1.40 bits per heavy atom. The highest BCUT2D eigenvalue weighted by Crippen LogP contribution is 2.36. The van der Waals surface area contributed by atoms with Crippen molar-refractivity contribution in [3.63, 3.8) is 0 Å². The van der Waals surface area contributed by atoms with Gasteiger partial charge in [-0.25, -0.2) is 0 Å². The summed E-state index contributed by atoms with van der Waals surface area (Å²) in [6, 6.07) is 8.71. The fourth-order valence-corrected chi connectivity index (χ4v) is 3.13. The van der Waals surface area contributed by atoms with Gasteiger partial charge in [0.15, 0.2) is 0 Å². The summed E-state index contributed by atoms with van der Waals surface area (Å²) in [7, 11) is 0. The normalized spacial score (nSPS) is 24.5. The lowest BCUT2D eigenvalue weighted by Gasteiger charge is -2.41. The van der Waals surface area contributed by atoms with Crippen LogP contribution in [0.2, 0.25) is 0 Å². The molecule has 3 atom stereocenters. The largest absolute Gasteiger partial charge is 0.335 e. The SMILES string of the molecule is Cc1ccc(C2C(C)CCCN2C(=O)CC(C)N)cc1. The molecule has 0 aromatic heterocycles. The number of nitrogens with zero attached hydrogens (tertiary/aromatic N) is 1. The molecule has 1 aromatic carbocycles. The van der Waals surface area contributed by atoms with Gasteiger partial charge in [0.1, 0.15) is 0 Å². The van der Waals surface area contributed by atoms with Crippen LogP contribution in [0.3, 0.4) is 0 Å². The van der Waals surface area contributed by atoms with E-state index in [1.807, 2.05) is 11.8 Å². The molecular formula is C17H26N2O. The zero-order chi connectivity index (χ0) is 14.7. The first-order valence-corrected chi connectivity index (χ1v) is 7.60.